The molecule has 1 aliphatic heterocycles. The molecule has 128 valence electrons. The Morgan fingerprint density at radius 3 is 1.91 bits per heavy atom. The molecule has 1 fully saturated rings. The van der Waals surface area contributed by atoms with Crippen molar-refractivity contribution in [1.82, 2.24) is 0 Å². The molecule has 1 atom stereocenters. The van der Waals surface area contributed by atoms with Gasteiger partial charge in [0.1, 0.15) is 0 Å². The Balaban J connectivity index is 2.91. The van der Waals surface area contributed by atoms with Gasteiger partial charge in [-0.1, -0.05) is 0 Å². The van der Waals surface area contributed by atoms with Crippen molar-refractivity contribution < 1.29 is 4.34 Å². The zero-order chi connectivity index (χ0) is 17.5. The third kappa shape index (κ3) is 2.52. The third-order valence-corrected chi connectivity index (χ3v) is 29.0. The van der Waals surface area contributed by atoms with Gasteiger partial charge in [0.25, 0.3) is 0 Å². The fourth-order valence-electron chi connectivity index (χ4n) is 6.51. The van der Waals surface area contributed by atoms with Crippen LogP contribution in [0.25, 0.3) is 0 Å². The number of hydrogen-bond acceptors (Lipinski definition) is 1. The van der Waals surface area contributed by atoms with Crippen LogP contribution in [0.2, 0.25) is 39.5 Å². The van der Waals surface area contributed by atoms with Crippen LogP contribution >= 0.6 is 0 Å². The first kappa shape index (κ1) is 19.6. The van der Waals surface area contributed by atoms with Gasteiger partial charge in [0.2, 0.25) is 0 Å². The molecule has 23 heavy (non-hydrogen) atoms. The van der Waals surface area contributed by atoms with E-state index >= 15 is 0 Å². The van der Waals surface area contributed by atoms with Gasteiger partial charge in [-0.05, 0) is 0 Å². The van der Waals surface area contributed by atoms with Crippen LogP contribution in [-0.4, -0.2) is 33.6 Å². The zero-order valence-electron chi connectivity index (χ0n) is 16.5. The quantitative estimate of drug-likeness (QED) is 0.503. The number of hydrogen-bond donors (Lipinski definition) is 0. The Bertz CT molecular complexity index is 536. The molecule has 0 aromatic heterocycles. The van der Waals surface area contributed by atoms with Gasteiger partial charge in [-0.15, -0.1) is 0 Å². The van der Waals surface area contributed by atoms with Crippen LogP contribution in [0.3, 0.4) is 0 Å². The first-order valence-corrected chi connectivity index (χ1v) is 22.3. The van der Waals surface area contributed by atoms with Crippen LogP contribution < -0.4 is 0 Å². The summed E-state index contributed by atoms with van der Waals surface area (Å²) in [5.41, 5.74) is 1.60. The molecular weight excluding hydrogens is 402 g/mol. The van der Waals surface area contributed by atoms with Crippen molar-refractivity contribution in [3.05, 3.63) is 35.9 Å². The summed E-state index contributed by atoms with van der Waals surface area (Å²) < 4.78 is 7.32. The zero-order valence-corrected chi connectivity index (χ0v) is 20.3. The van der Waals surface area contributed by atoms with Gasteiger partial charge in [0, 0.05) is 0 Å². The Morgan fingerprint density at radius 1 is 1.00 bits per heavy atom. The summed E-state index contributed by atoms with van der Waals surface area (Å²) in [5.74, 6) is 0. The van der Waals surface area contributed by atoms with E-state index in [1.807, 2.05) is 0 Å². The molecule has 0 aliphatic carbocycles. The van der Waals surface area contributed by atoms with E-state index in [1.54, 1.807) is 5.56 Å². The fourth-order valence-corrected chi connectivity index (χ4v) is 36.8. The molecule has 1 heterocycles. The normalized spacial score (nSPS) is 26.5. The molecule has 1 nitrogen and oxygen atoms in total. The molecule has 0 radical (unpaired) electrons. The summed E-state index contributed by atoms with van der Waals surface area (Å²) in [7, 11) is -1.86. The van der Waals surface area contributed by atoms with Crippen molar-refractivity contribution in [1.29, 1.82) is 0 Å². The van der Waals surface area contributed by atoms with E-state index in [4.69, 9.17) is 4.34 Å². The Hall–Kier alpha value is 0.261. The van der Waals surface area contributed by atoms with Crippen LogP contribution in [0.15, 0.2) is 30.3 Å². The summed E-state index contributed by atoms with van der Waals surface area (Å²) in [5, 5.41) is 0.313. The molecule has 1 saturated heterocycles. The molecule has 1 aliphatic rings. The Morgan fingerprint density at radius 2 is 1.52 bits per heavy atom. The maximum atomic E-state index is 6.98. The van der Waals surface area contributed by atoms with Gasteiger partial charge in [-0.2, -0.15) is 0 Å². The van der Waals surface area contributed by atoms with Gasteiger partial charge in [0.15, 0.2) is 0 Å². The second kappa shape index (κ2) is 6.53. The number of benzene rings is 1. The van der Waals surface area contributed by atoms with Gasteiger partial charge >= 0.3 is 150 Å². The van der Waals surface area contributed by atoms with Crippen LogP contribution in [0, 0.1) is 0 Å². The van der Waals surface area contributed by atoms with Crippen molar-refractivity contribution in [3.8, 4) is 0 Å². The van der Waals surface area contributed by atoms with Gasteiger partial charge in [-0.25, -0.2) is 0 Å². The van der Waals surface area contributed by atoms with Crippen molar-refractivity contribution in [2.24, 2.45) is 0 Å². The molecular formula is C19H35BOSiSn. The van der Waals surface area contributed by atoms with Gasteiger partial charge in [0.05, 0.1) is 0 Å². The van der Waals surface area contributed by atoms with E-state index < -0.39 is 26.7 Å². The summed E-state index contributed by atoms with van der Waals surface area (Å²) >= 11 is -2.43. The second-order valence-corrected chi connectivity index (χ2v) is 29.2. The molecule has 0 N–H and O–H groups in total. The molecule has 1 unspecified atom stereocenters. The maximum absolute atomic E-state index is 6.98. The molecule has 0 bridgehead atoms. The Labute approximate surface area is 149 Å². The summed E-state index contributed by atoms with van der Waals surface area (Å²) in [6.07, 6.45) is 3.62. The standard InChI is InChI=1S/C16H26BOSi.3CH3.Sn/c1-6-16(7-2)15(14-12-10-9-11-13-14)19(4,5)18-17(16)8-3;;;;/h9-13H,6-8H2,1-5H3;3*1H3;. The van der Waals surface area contributed by atoms with E-state index in [1.165, 1.54) is 12.8 Å². The molecule has 2 rings (SSSR count). The summed E-state index contributed by atoms with van der Waals surface area (Å²) in [4.78, 5) is 7.95. The average molecular weight is 437 g/mol. The van der Waals surface area contributed by atoms with Crippen LogP contribution in [0.4, 0.5) is 0 Å². The molecule has 0 amide bonds. The predicted molar refractivity (Wildman–Crippen MR) is 110 cm³/mol. The van der Waals surface area contributed by atoms with Crippen molar-refractivity contribution in [3.63, 3.8) is 0 Å². The average Bonchev–Trinajstić information content (AvgIpc) is 2.71. The number of rotatable bonds is 5. The third-order valence-electron chi connectivity index (χ3n) is 6.67. The van der Waals surface area contributed by atoms with Gasteiger partial charge < -0.3 is 0 Å². The molecule has 1 aromatic carbocycles. The fraction of sp³-hybridized carbons (Fsp3) is 0.684. The van der Waals surface area contributed by atoms with E-state index in [0.717, 1.165) is 6.32 Å². The summed E-state index contributed by atoms with van der Waals surface area (Å²) in [6.45, 7) is 12.6. The Kier molecular flexibility index (Phi) is 5.56. The SMILES string of the molecule is CCB1O[Si](C)(C)[C](c2ccccc2)([Sn]([CH3])([CH3])[CH3])C1(CC)CC. The molecule has 0 saturated carbocycles. The minimum atomic E-state index is -2.43. The van der Waals surface area contributed by atoms with E-state index in [9.17, 15) is 0 Å². The first-order valence-electron chi connectivity index (χ1n) is 9.38. The minimum absolute atomic E-state index is 0.313. The van der Waals surface area contributed by atoms with Crippen molar-refractivity contribution in [2.45, 2.75) is 76.2 Å². The summed E-state index contributed by atoms with van der Waals surface area (Å²) in [6, 6.07) is 11.5. The van der Waals surface area contributed by atoms with Crippen LogP contribution in [-0.2, 0) is 7.40 Å². The van der Waals surface area contributed by atoms with E-state index in [0.29, 0.717) is 15.3 Å². The van der Waals surface area contributed by atoms with E-state index in [-0.39, 0.29) is 0 Å². The van der Waals surface area contributed by atoms with Gasteiger partial charge in [-0.3, -0.25) is 0 Å². The van der Waals surface area contributed by atoms with Crippen LogP contribution in [0.1, 0.15) is 39.2 Å². The second-order valence-electron chi connectivity index (χ2n) is 8.75. The van der Waals surface area contributed by atoms with Crippen molar-refractivity contribution in [2.75, 3.05) is 0 Å². The van der Waals surface area contributed by atoms with Crippen molar-refractivity contribution >= 4 is 33.6 Å². The monoisotopic (exact) mass is 438 g/mol. The predicted octanol–water partition coefficient (Wildman–Crippen LogP) is 6.15. The van der Waals surface area contributed by atoms with Crippen LogP contribution in [0.5, 0.6) is 0 Å². The van der Waals surface area contributed by atoms with E-state index in [2.05, 4.69) is 79.0 Å². The topological polar surface area (TPSA) is 9.23 Å². The molecule has 1 aromatic rings. The molecule has 0 spiro atoms. The first-order chi connectivity index (χ1) is 10.6. The molecule has 4 heteroatoms.